The Morgan fingerprint density at radius 1 is 1.37 bits per heavy atom. The molecule has 0 radical (unpaired) electrons. The lowest BCUT2D eigenvalue weighted by Gasteiger charge is -2.38. The summed E-state index contributed by atoms with van der Waals surface area (Å²) in [4.78, 5) is 3.64. The van der Waals surface area contributed by atoms with Gasteiger partial charge in [-0.2, -0.15) is 0 Å². The van der Waals surface area contributed by atoms with E-state index >= 15 is 0 Å². The molecule has 0 atom stereocenters. The first-order valence-corrected chi connectivity index (χ1v) is 6.24. The summed E-state index contributed by atoms with van der Waals surface area (Å²) in [5.41, 5.74) is -2.06. The minimum Gasteiger partial charge on any atom is -0.423 e. The van der Waals surface area contributed by atoms with Gasteiger partial charge in [-0.1, -0.05) is 11.6 Å². The molecule has 7 heteroatoms. The third-order valence-corrected chi connectivity index (χ3v) is 3.77. The zero-order valence-electron chi connectivity index (χ0n) is 11.7. The van der Waals surface area contributed by atoms with Crippen LogP contribution in [0.5, 0.6) is 0 Å². The molecule has 0 bridgehead atoms. The molecule has 0 spiro atoms. The van der Waals surface area contributed by atoms with E-state index in [-0.39, 0.29) is 10.6 Å². The summed E-state index contributed by atoms with van der Waals surface area (Å²) in [6.45, 7) is 7.83. The SMILES string of the molecule is Cc1c(Cl)ncc(F)c1B(O)OC(C)(C)C(C)(C)O. The van der Waals surface area contributed by atoms with E-state index in [1.54, 1.807) is 27.7 Å². The highest BCUT2D eigenvalue weighted by molar-refractivity contribution is 6.61. The van der Waals surface area contributed by atoms with Gasteiger partial charge in [0.15, 0.2) is 0 Å². The van der Waals surface area contributed by atoms with E-state index in [0.29, 0.717) is 5.56 Å². The molecule has 1 aromatic rings. The van der Waals surface area contributed by atoms with Crippen LogP contribution in [0.1, 0.15) is 33.3 Å². The number of halogens is 2. The summed E-state index contributed by atoms with van der Waals surface area (Å²) in [5.74, 6) is -0.707. The van der Waals surface area contributed by atoms with E-state index < -0.39 is 24.1 Å². The van der Waals surface area contributed by atoms with Crippen molar-refractivity contribution in [3.8, 4) is 0 Å². The predicted octanol–water partition coefficient (Wildman–Crippen LogP) is 1.44. The molecule has 0 aliphatic carbocycles. The minimum absolute atomic E-state index is 0.0719. The molecule has 1 aromatic heterocycles. The van der Waals surface area contributed by atoms with E-state index in [2.05, 4.69) is 4.98 Å². The number of aromatic nitrogens is 1. The van der Waals surface area contributed by atoms with Crippen molar-refractivity contribution in [3.05, 3.63) is 22.7 Å². The van der Waals surface area contributed by atoms with Gasteiger partial charge in [0.1, 0.15) is 11.0 Å². The molecule has 0 saturated carbocycles. The number of hydrogen-bond acceptors (Lipinski definition) is 4. The summed E-state index contributed by atoms with van der Waals surface area (Å²) in [6, 6.07) is 0. The fourth-order valence-corrected chi connectivity index (χ4v) is 1.51. The zero-order chi connectivity index (χ0) is 15.0. The Morgan fingerprint density at radius 2 is 1.89 bits per heavy atom. The number of aliphatic hydroxyl groups is 1. The average Bonchev–Trinajstić information content (AvgIpc) is 2.21. The van der Waals surface area contributed by atoms with Gasteiger partial charge < -0.3 is 14.8 Å². The molecule has 0 saturated heterocycles. The van der Waals surface area contributed by atoms with Crippen LogP contribution in [-0.4, -0.2) is 33.4 Å². The number of hydrogen-bond donors (Lipinski definition) is 2. The van der Waals surface area contributed by atoms with Gasteiger partial charge in [-0.05, 0) is 40.2 Å². The molecule has 4 nitrogen and oxygen atoms in total. The second kappa shape index (κ2) is 5.36. The smallest absolute Gasteiger partial charge is 0.423 e. The van der Waals surface area contributed by atoms with Crippen molar-refractivity contribution in [3.63, 3.8) is 0 Å². The highest BCUT2D eigenvalue weighted by Gasteiger charge is 2.40. The standard InChI is InChI=1S/C12H18BClFNO3/c1-7-9(8(15)6-16-10(7)14)13(18)19-12(4,5)11(2,3)17/h6,17-18H,1-5H3. The monoisotopic (exact) mass is 289 g/mol. The van der Waals surface area contributed by atoms with Crippen molar-refractivity contribution in [1.29, 1.82) is 0 Å². The Morgan fingerprint density at radius 3 is 2.37 bits per heavy atom. The Bertz CT molecular complexity index is 477. The molecule has 0 unspecified atom stereocenters. The molecule has 1 heterocycles. The lowest BCUT2D eigenvalue weighted by molar-refractivity contribution is -0.0983. The maximum atomic E-state index is 13.7. The van der Waals surface area contributed by atoms with Crippen LogP contribution in [0.15, 0.2) is 6.20 Å². The Labute approximate surface area is 117 Å². The van der Waals surface area contributed by atoms with Crippen LogP contribution >= 0.6 is 11.6 Å². The predicted molar refractivity (Wildman–Crippen MR) is 73.0 cm³/mol. The first kappa shape index (κ1) is 16.4. The Balaban J connectivity index is 3.10. The second-order valence-electron chi connectivity index (χ2n) is 5.48. The number of rotatable bonds is 4. The van der Waals surface area contributed by atoms with E-state index in [4.69, 9.17) is 16.3 Å². The van der Waals surface area contributed by atoms with Crippen LogP contribution < -0.4 is 5.46 Å². The number of pyridine rings is 1. The third-order valence-electron chi connectivity index (χ3n) is 3.39. The van der Waals surface area contributed by atoms with Gasteiger partial charge in [-0.15, -0.1) is 0 Å². The van der Waals surface area contributed by atoms with Gasteiger partial charge in [0, 0.05) is 5.46 Å². The lowest BCUT2D eigenvalue weighted by Crippen LogP contribution is -2.54. The molecular formula is C12H18BClFNO3. The van der Waals surface area contributed by atoms with Crippen molar-refractivity contribution in [2.24, 2.45) is 0 Å². The summed E-state index contributed by atoms with van der Waals surface area (Å²) in [5, 5.41) is 20.1. The summed E-state index contributed by atoms with van der Waals surface area (Å²) >= 11 is 5.80. The van der Waals surface area contributed by atoms with Crippen LogP contribution in [0, 0.1) is 12.7 Å². The topological polar surface area (TPSA) is 62.6 Å². The van der Waals surface area contributed by atoms with Gasteiger partial charge in [0.05, 0.1) is 17.4 Å². The van der Waals surface area contributed by atoms with Crippen molar-refractivity contribution >= 4 is 24.2 Å². The molecule has 106 valence electrons. The van der Waals surface area contributed by atoms with Crippen LogP contribution in [0.4, 0.5) is 4.39 Å². The maximum absolute atomic E-state index is 13.7. The zero-order valence-corrected chi connectivity index (χ0v) is 12.4. The summed E-state index contributed by atoms with van der Waals surface area (Å²) in [7, 11) is -1.54. The fraction of sp³-hybridized carbons (Fsp3) is 0.583. The normalized spacial score (nSPS) is 12.7. The van der Waals surface area contributed by atoms with Crippen LogP contribution in [0.25, 0.3) is 0 Å². The van der Waals surface area contributed by atoms with Crippen molar-refractivity contribution in [1.82, 2.24) is 4.98 Å². The molecule has 19 heavy (non-hydrogen) atoms. The van der Waals surface area contributed by atoms with E-state index in [9.17, 15) is 14.5 Å². The molecule has 2 N–H and O–H groups in total. The van der Waals surface area contributed by atoms with Crippen LogP contribution in [0.3, 0.4) is 0 Å². The van der Waals surface area contributed by atoms with Gasteiger partial charge >= 0.3 is 7.12 Å². The summed E-state index contributed by atoms with van der Waals surface area (Å²) in [6.07, 6.45) is 0.925. The lowest BCUT2D eigenvalue weighted by atomic mass is 9.74. The summed E-state index contributed by atoms with van der Waals surface area (Å²) < 4.78 is 19.1. The fourth-order valence-electron chi connectivity index (χ4n) is 1.36. The maximum Gasteiger partial charge on any atom is 0.495 e. The Kier molecular flexibility index (Phi) is 4.62. The molecular weight excluding hydrogens is 271 g/mol. The Hall–Kier alpha value is -0.685. The quantitative estimate of drug-likeness (QED) is 0.650. The highest BCUT2D eigenvalue weighted by atomic mass is 35.5. The van der Waals surface area contributed by atoms with Crippen molar-refractivity contribution in [2.45, 2.75) is 45.8 Å². The second-order valence-corrected chi connectivity index (χ2v) is 5.83. The van der Waals surface area contributed by atoms with Crippen molar-refractivity contribution in [2.75, 3.05) is 0 Å². The van der Waals surface area contributed by atoms with Gasteiger partial charge in [0.25, 0.3) is 0 Å². The first-order chi connectivity index (χ1) is 8.47. The van der Waals surface area contributed by atoms with Gasteiger partial charge in [-0.3, -0.25) is 0 Å². The highest BCUT2D eigenvalue weighted by Crippen LogP contribution is 2.25. The van der Waals surface area contributed by atoms with E-state index in [1.165, 1.54) is 6.92 Å². The molecule has 0 fully saturated rings. The minimum atomic E-state index is -1.54. The van der Waals surface area contributed by atoms with Gasteiger partial charge in [0.2, 0.25) is 0 Å². The van der Waals surface area contributed by atoms with E-state index in [0.717, 1.165) is 6.20 Å². The molecule has 0 aliphatic heterocycles. The first-order valence-electron chi connectivity index (χ1n) is 5.86. The number of nitrogens with zero attached hydrogens (tertiary/aromatic N) is 1. The molecule has 1 rings (SSSR count). The largest absolute Gasteiger partial charge is 0.495 e. The average molecular weight is 290 g/mol. The molecule has 0 amide bonds. The molecule has 0 aromatic carbocycles. The van der Waals surface area contributed by atoms with Crippen LogP contribution in [0.2, 0.25) is 5.15 Å². The van der Waals surface area contributed by atoms with E-state index in [1.807, 2.05) is 0 Å². The van der Waals surface area contributed by atoms with Crippen LogP contribution in [-0.2, 0) is 4.65 Å². The third kappa shape index (κ3) is 3.45. The van der Waals surface area contributed by atoms with Crippen molar-refractivity contribution < 1.29 is 19.2 Å². The van der Waals surface area contributed by atoms with Gasteiger partial charge in [-0.25, -0.2) is 9.37 Å². The molecule has 0 aliphatic rings.